The average Bonchev–Trinajstić information content (AvgIpc) is 2.79. The van der Waals surface area contributed by atoms with E-state index >= 15 is 0 Å². The van der Waals surface area contributed by atoms with Crippen LogP contribution in [0, 0.1) is 0 Å². The van der Waals surface area contributed by atoms with Crippen LogP contribution in [0.3, 0.4) is 0 Å². The number of hydrogen-bond acceptors (Lipinski definition) is 6. The lowest BCUT2D eigenvalue weighted by Gasteiger charge is -2.14. The molecule has 8 nitrogen and oxygen atoms in total. The van der Waals surface area contributed by atoms with Crippen molar-refractivity contribution >= 4 is 11.8 Å². The van der Waals surface area contributed by atoms with E-state index in [-0.39, 0.29) is 6.61 Å². The number of carbonyl (C=O) groups excluding carboxylic acids is 2. The Bertz CT molecular complexity index is 856. The maximum absolute atomic E-state index is 12.4. The van der Waals surface area contributed by atoms with E-state index in [1.165, 1.54) is 0 Å². The van der Waals surface area contributed by atoms with Gasteiger partial charge in [-0.05, 0) is 50.1 Å². The van der Waals surface area contributed by atoms with Crippen LogP contribution in [0.5, 0.6) is 23.0 Å². The zero-order chi connectivity index (χ0) is 22.5. The van der Waals surface area contributed by atoms with Gasteiger partial charge in [0.15, 0.2) is 29.6 Å². The quantitative estimate of drug-likeness (QED) is 0.501. The average molecular weight is 431 g/mol. The molecule has 0 aliphatic heterocycles. The largest absolute Gasteiger partial charge is 0.490 e. The van der Waals surface area contributed by atoms with Crippen LogP contribution < -0.4 is 29.8 Å². The number of nitrogens with one attached hydrogen (secondary N) is 2. The van der Waals surface area contributed by atoms with Crippen LogP contribution in [0.15, 0.2) is 42.5 Å². The smallest absolute Gasteiger partial charge is 0.276 e. The van der Waals surface area contributed by atoms with Crippen molar-refractivity contribution in [3.63, 3.8) is 0 Å². The lowest BCUT2D eigenvalue weighted by molar-refractivity contribution is -0.123. The Hall–Kier alpha value is -3.42. The van der Waals surface area contributed by atoms with Crippen LogP contribution in [0.2, 0.25) is 0 Å². The van der Waals surface area contributed by atoms with Crippen molar-refractivity contribution in [3.05, 3.63) is 48.0 Å². The molecule has 0 unspecified atom stereocenters. The van der Waals surface area contributed by atoms with E-state index in [0.29, 0.717) is 48.4 Å². The first-order valence-electron chi connectivity index (χ1n) is 10.4. The highest BCUT2D eigenvalue weighted by molar-refractivity contribution is 5.96. The van der Waals surface area contributed by atoms with Gasteiger partial charge in [0.25, 0.3) is 11.8 Å². The normalized spacial score (nSPS) is 10.2. The van der Waals surface area contributed by atoms with Crippen LogP contribution >= 0.6 is 0 Å². The summed E-state index contributed by atoms with van der Waals surface area (Å²) in [4.78, 5) is 24.5. The maximum atomic E-state index is 12.4. The van der Waals surface area contributed by atoms with Crippen LogP contribution in [-0.2, 0) is 4.79 Å². The summed E-state index contributed by atoms with van der Waals surface area (Å²) in [5, 5.41) is 0. The summed E-state index contributed by atoms with van der Waals surface area (Å²) in [5.41, 5.74) is 5.04. The van der Waals surface area contributed by atoms with Gasteiger partial charge in [0, 0.05) is 5.56 Å². The van der Waals surface area contributed by atoms with Gasteiger partial charge in [-0.25, -0.2) is 0 Å². The molecule has 0 aliphatic rings. The summed E-state index contributed by atoms with van der Waals surface area (Å²) in [6, 6.07) is 11.9. The molecule has 2 N–H and O–H groups in total. The molecule has 0 heterocycles. The van der Waals surface area contributed by atoms with Gasteiger partial charge in [-0.1, -0.05) is 26.0 Å². The molecule has 2 aromatic rings. The molecular weight excluding hydrogens is 400 g/mol. The van der Waals surface area contributed by atoms with E-state index in [4.69, 9.17) is 18.9 Å². The molecule has 0 atom stereocenters. The van der Waals surface area contributed by atoms with Gasteiger partial charge in [0.2, 0.25) is 0 Å². The van der Waals surface area contributed by atoms with Crippen molar-refractivity contribution < 1.29 is 28.5 Å². The molecule has 0 bridgehead atoms. The minimum absolute atomic E-state index is 0.279. The van der Waals surface area contributed by atoms with Gasteiger partial charge in [-0.15, -0.1) is 0 Å². The second-order valence-corrected chi connectivity index (χ2v) is 6.53. The van der Waals surface area contributed by atoms with Gasteiger partial charge in [-0.2, -0.15) is 0 Å². The Balaban J connectivity index is 1.91. The van der Waals surface area contributed by atoms with E-state index in [0.717, 1.165) is 12.8 Å². The predicted molar refractivity (Wildman–Crippen MR) is 117 cm³/mol. The Morgan fingerprint density at radius 3 is 2.00 bits per heavy atom. The SMILES string of the molecule is CCCOc1ccc(C(=O)NNC(=O)COc2ccccc2OCC)cc1OCCC. The molecule has 2 aromatic carbocycles. The van der Waals surface area contributed by atoms with Crippen LogP contribution in [-0.4, -0.2) is 38.2 Å². The molecule has 31 heavy (non-hydrogen) atoms. The fraction of sp³-hybridized carbons (Fsp3) is 0.391. The summed E-state index contributed by atoms with van der Waals surface area (Å²) in [6.07, 6.45) is 1.69. The molecule has 0 saturated heterocycles. The predicted octanol–water partition coefficient (Wildman–Crippen LogP) is 3.50. The van der Waals surface area contributed by atoms with Crippen LogP contribution in [0.25, 0.3) is 0 Å². The number of rotatable bonds is 12. The summed E-state index contributed by atoms with van der Waals surface area (Å²) in [7, 11) is 0. The number of amides is 2. The third kappa shape index (κ3) is 7.73. The molecule has 0 radical (unpaired) electrons. The second kappa shape index (κ2) is 13.0. The molecule has 0 spiro atoms. The summed E-state index contributed by atoms with van der Waals surface area (Å²) in [5.74, 6) is 1.08. The van der Waals surface area contributed by atoms with Gasteiger partial charge in [0.05, 0.1) is 19.8 Å². The van der Waals surface area contributed by atoms with Crippen molar-refractivity contribution in [1.82, 2.24) is 10.9 Å². The monoisotopic (exact) mass is 430 g/mol. The number of hydrazine groups is 1. The fourth-order valence-electron chi connectivity index (χ4n) is 2.53. The first kappa shape index (κ1) is 23.9. The second-order valence-electron chi connectivity index (χ2n) is 6.53. The fourth-order valence-corrected chi connectivity index (χ4v) is 2.53. The zero-order valence-electron chi connectivity index (χ0n) is 18.2. The Labute approximate surface area is 182 Å². The van der Waals surface area contributed by atoms with E-state index in [2.05, 4.69) is 10.9 Å². The van der Waals surface area contributed by atoms with Crippen molar-refractivity contribution in [2.75, 3.05) is 26.4 Å². The Morgan fingerprint density at radius 2 is 1.35 bits per heavy atom. The summed E-state index contributed by atoms with van der Waals surface area (Å²) < 4.78 is 22.3. The third-order valence-electron chi connectivity index (χ3n) is 3.95. The standard InChI is InChI=1S/C23H30N2O6/c1-4-13-29-20-12-11-17(15-21(20)30-14-5-2)23(27)25-24-22(26)16-31-19-10-8-7-9-18(19)28-6-3/h7-12,15H,4-6,13-14,16H2,1-3H3,(H,24,26)(H,25,27). The molecule has 2 rings (SSSR count). The van der Waals surface area contributed by atoms with Gasteiger partial charge in [-0.3, -0.25) is 20.4 Å². The number of para-hydroxylation sites is 2. The van der Waals surface area contributed by atoms with Crippen LogP contribution in [0.4, 0.5) is 0 Å². The van der Waals surface area contributed by atoms with Crippen molar-refractivity contribution in [1.29, 1.82) is 0 Å². The van der Waals surface area contributed by atoms with Crippen molar-refractivity contribution in [2.24, 2.45) is 0 Å². The van der Waals surface area contributed by atoms with E-state index in [1.807, 2.05) is 26.8 Å². The summed E-state index contributed by atoms with van der Waals surface area (Å²) >= 11 is 0. The van der Waals surface area contributed by atoms with Gasteiger partial charge >= 0.3 is 0 Å². The Morgan fingerprint density at radius 1 is 0.742 bits per heavy atom. The first-order valence-corrected chi connectivity index (χ1v) is 10.4. The number of benzene rings is 2. The molecule has 0 fully saturated rings. The number of carbonyl (C=O) groups is 2. The van der Waals surface area contributed by atoms with Crippen molar-refractivity contribution in [2.45, 2.75) is 33.6 Å². The van der Waals surface area contributed by atoms with E-state index in [1.54, 1.807) is 36.4 Å². The first-order chi connectivity index (χ1) is 15.1. The molecular formula is C23H30N2O6. The number of hydrogen-bond donors (Lipinski definition) is 2. The third-order valence-corrected chi connectivity index (χ3v) is 3.95. The minimum atomic E-state index is -0.509. The Kier molecular flexibility index (Phi) is 10.0. The van der Waals surface area contributed by atoms with E-state index < -0.39 is 11.8 Å². The lowest BCUT2D eigenvalue weighted by atomic mass is 10.2. The molecule has 0 aromatic heterocycles. The maximum Gasteiger partial charge on any atom is 0.276 e. The highest BCUT2D eigenvalue weighted by atomic mass is 16.5. The molecule has 8 heteroatoms. The molecule has 0 saturated carbocycles. The summed E-state index contributed by atoms with van der Waals surface area (Å²) in [6.45, 7) is 7.12. The minimum Gasteiger partial charge on any atom is -0.490 e. The lowest BCUT2D eigenvalue weighted by Crippen LogP contribution is -2.43. The zero-order valence-corrected chi connectivity index (χ0v) is 18.2. The van der Waals surface area contributed by atoms with Crippen molar-refractivity contribution in [3.8, 4) is 23.0 Å². The molecule has 0 aliphatic carbocycles. The highest BCUT2D eigenvalue weighted by Gasteiger charge is 2.13. The van der Waals surface area contributed by atoms with Crippen LogP contribution in [0.1, 0.15) is 44.0 Å². The number of ether oxygens (including phenoxy) is 4. The van der Waals surface area contributed by atoms with E-state index in [9.17, 15) is 9.59 Å². The molecule has 2 amide bonds. The molecule has 168 valence electrons. The highest BCUT2D eigenvalue weighted by Crippen LogP contribution is 2.29. The topological polar surface area (TPSA) is 95.1 Å². The van der Waals surface area contributed by atoms with Gasteiger partial charge < -0.3 is 18.9 Å². The van der Waals surface area contributed by atoms with Gasteiger partial charge in [0.1, 0.15) is 0 Å².